The molecule has 0 N–H and O–H groups in total. The lowest BCUT2D eigenvalue weighted by atomic mass is 9.93. The Bertz CT molecular complexity index is 1950. The molecule has 0 amide bonds. The summed E-state index contributed by atoms with van der Waals surface area (Å²) in [5.41, 5.74) is 6.61. The third-order valence-electron chi connectivity index (χ3n) is 7.55. The lowest BCUT2D eigenvalue weighted by molar-refractivity contribution is -0.139. The van der Waals surface area contributed by atoms with E-state index in [1.807, 2.05) is 13.0 Å². The molecule has 224 valence electrons. The molecular weight excluding hydrogens is 697 g/mol. The molecule has 0 bridgehead atoms. The van der Waals surface area contributed by atoms with Gasteiger partial charge in [0.1, 0.15) is 11.8 Å². The number of hydrogen-bond acceptors (Lipinski definition) is 6. The molecule has 0 aliphatic carbocycles. The van der Waals surface area contributed by atoms with Gasteiger partial charge < -0.3 is 14.0 Å². The Hall–Kier alpha value is -3.15. The molecule has 7 nitrogen and oxygen atoms in total. The number of carbonyl (C=O) groups is 1. The molecule has 0 unspecified atom stereocenters. The summed E-state index contributed by atoms with van der Waals surface area (Å²) in [5.74, 6) is 0.00656. The Morgan fingerprint density at radius 3 is 2.58 bits per heavy atom. The fraction of sp³-hybridized carbons (Fsp3) is 0.303. The van der Waals surface area contributed by atoms with Gasteiger partial charge >= 0.3 is 5.97 Å². The van der Waals surface area contributed by atoms with Crippen molar-refractivity contribution < 1.29 is 14.3 Å². The third-order valence-corrected chi connectivity index (χ3v) is 9.93. The molecule has 2 aromatic heterocycles. The SMILES string of the molecule is CCCC1=C(C(=O)OCC)[C@@H](c2cc(Cl)ccc2OC)n2c(s/c(=C/c3cc(C)n(-c4ccc(C)c(I)c4)c3C)c2=O)=N1. The molecule has 0 saturated heterocycles. The van der Waals surface area contributed by atoms with Crippen LogP contribution in [0, 0.1) is 24.3 Å². The molecule has 1 atom stereocenters. The van der Waals surface area contributed by atoms with Gasteiger partial charge in [0.05, 0.1) is 29.5 Å². The molecule has 2 aromatic carbocycles. The number of benzene rings is 2. The zero-order valence-corrected chi connectivity index (χ0v) is 28.7. The van der Waals surface area contributed by atoms with Crippen LogP contribution in [0.5, 0.6) is 5.75 Å². The minimum absolute atomic E-state index is 0.196. The largest absolute Gasteiger partial charge is 0.496 e. The van der Waals surface area contributed by atoms with Crippen molar-refractivity contribution in [2.24, 2.45) is 4.99 Å². The van der Waals surface area contributed by atoms with Crippen molar-refractivity contribution in [1.82, 2.24) is 9.13 Å². The van der Waals surface area contributed by atoms with Crippen LogP contribution in [-0.2, 0) is 9.53 Å². The maximum atomic E-state index is 14.3. The first kappa shape index (κ1) is 31.3. The Kier molecular flexibility index (Phi) is 9.34. The van der Waals surface area contributed by atoms with E-state index in [1.54, 1.807) is 36.8 Å². The van der Waals surface area contributed by atoms with Crippen molar-refractivity contribution in [2.45, 2.75) is 53.5 Å². The lowest BCUT2D eigenvalue weighted by Crippen LogP contribution is -2.40. The number of rotatable bonds is 8. The number of carbonyl (C=O) groups excluding carboxylic acids is 1. The minimum Gasteiger partial charge on any atom is -0.496 e. The third kappa shape index (κ3) is 5.86. The molecule has 43 heavy (non-hydrogen) atoms. The Morgan fingerprint density at radius 1 is 1.14 bits per heavy atom. The second-order valence-electron chi connectivity index (χ2n) is 10.4. The van der Waals surface area contributed by atoms with Crippen molar-refractivity contribution >= 4 is 57.6 Å². The molecule has 1 aliphatic heterocycles. The maximum Gasteiger partial charge on any atom is 0.338 e. The van der Waals surface area contributed by atoms with Crippen molar-refractivity contribution in [2.75, 3.05) is 13.7 Å². The number of methoxy groups -OCH3 is 1. The van der Waals surface area contributed by atoms with E-state index < -0.39 is 12.0 Å². The number of aryl methyl sites for hydroxylation is 2. The molecule has 1 aliphatic rings. The highest BCUT2D eigenvalue weighted by Crippen LogP contribution is 2.38. The van der Waals surface area contributed by atoms with Gasteiger partial charge in [0.2, 0.25) is 0 Å². The quantitative estimate of drug-likeness (QED) is 0.152. The van der Waals surface area contributed by atoms with E-state index in [4.69, 9.17) is 26.1 Å². The standard InChI is InChI=1S/C33H33ClIN3O4S/c1-7-9-26-29(32(40)42-8-2)30(24-16-22(34)11-13-27(24)41-6)38-31(39)28(43-33(38)36-26)15-21-14-19(4)37(20(21)5)23-12-10-18(3)25(35)17-23/h10-17,30H,7-9H2,1-6H3/b28-15+/t30-/m1/s1. The average Bonchev–Trinajstić information content (AvgIpc) is 3.43. The highest BCUT2D eigenvalue weighted by atomic mass is 127. The van der Waals surface area contributed by atoms with Crippen LogP contribution in [0.4, 0.5) is 0 Å². The first-order chi connectivity index (χ1) is 20.6. The molecular formula is C33H33ClIN3O4S. The van der Waals surface area contributed by atoms with Crippen LogP contribution >= 0.6 is 45.5 Å². The van der Waals surface area contributed by atoms with E-state index in [0.717, 1.165) is 29.1 Å². The van der Waals surface area contributed by atoms with Gasteiger partial charge in [0.25, 0.3) is 5.56 Å². The molecule has 10 heteroatoms. The van der Waals surface area contributed by atoms with E-state index in [-0.39, 0.29) is 12.2 Å². The Labute approximate surface area is 273 Å². The zero-order valence-electron chi connectivity index (χ0n) is 25.0. The summed E-state index contributed by atoms with van der Waals surface area (Å²) in [6, 6.07) is 12.9. The molecule has 5 rings (SSSR count). The van der Waals surface area contributed by atoms with Crippen molar-refractivity contribution in [3.63, 3.8) is 0 Å². The van der Waals surface area contributed by atoms with Crippen LogP contribution in [0.15, 0.2) is 63.5 Å². The van der Waals surface area contributed by atoms with E-state index in [1.165, 1.54) is 20.5 Å². The molecule has 0 radical (unpaired) electrons. The summed E-state index contributed by atoms with van der Waals surface area (Å²) in [4.78, 5) is 33.1. The molecule has 0 saturated carbocycles. The van der Waals surface area contributed by atoms with Gasteiger partial charge in [-0.05, 0) is 110 Å². The normalized spacial score (nSPS) is 15.0. The molecule has 3 heterocycles. The van der Waals surface area contributed by atoms with E-state index >= 15 is 0 Å². The van der Waals surface area contributed by atoms with Crippen LogP contribution in [0.1, 0.15) is 60.8 Å². The van der Waals surface area contributed by atoms with Gasteiger partial charge in [-0.25, -0.2) is 9.79 Å². The summed E-state index contributed by atoms with van der Waals surface area (Å²) in [6.07, 6.45) is 3.23. The van der Waals surface area contributed by atoms with Gasteiger partial charge in [-0.2, -0.15) is 0 Å². The summed E-state index contributed by atoms with van der Waals surface area (Å²) < 4.78 is 16.7. The fourth-order valence-corrected chi connectivity index (χ4v) is 7.22. The van der Waals surface area contributed by atoms with Crippen LogP contribution in [0.25, 0.3) is 11.8 Å². The highest BCUT2D eigenvalue weighted by Gasteiger charge is 2.36. The molecule has 4 aromatic rings. The van der Waals surface area contributed by atoms with Gasteiger partial charge in [-0.3, -0.25) is 9.36 Å². The summed E-state index contributed by atoms with van der Waals surface area (Å²) >= 11 is 10.1. The van der Waals surface area contributed by atoms with E-state index in [9.17, 15) is 9.59 Å². The van der Waals surface area contributed by atoms with Crippen molar-refractivity contribution in [1.29, 1.82) is 0 Å². The van der Waals surface area contributed by atoms with Gasteiger partial charge in [-0.1, -0.05) is 42.3 Å². The number of nitrogens with zero attached hydrogens (tertiary/aromatic N) is 3. The number of halogens is 2. The van der Waals surface area contributed by atoms with Gasteiger partial charge in [-0.15, -0.1) is 0 Å². The summed E-state index contributed by atoms with van der Waals surface area (Å²) in [6.45, 7) is 10.2. The molecule has 0 fully saturated rings. The van der Waals surface area contributed by atoms with E-state index in [2.05, 4.69) is 72.2 Å². The van der Waals surface area contributed by atoms with Crippen LogP contribution in [0.3, 0.4) is 0 Å². The number of ether oxygens (including phenoxy) is 2. The first-order valence-electron chi connectivity index (χ1n) is 14.1. The average molecular weight is 730 g/mol. The zero-order chi connectivity index (χ0) is 31.0. The Balaban J connectivity index is 1.76. The minimum atomic E-state index is -0.810. The predicted molar refractivity (Wildman–Crippen MR) is 180 cm³/mol. The predicted octanol–water partition coefficient (Wildman–Crippen LogP) is 6.56. The summed E-state index contributed by atoms with van der Waals surface area (Å²) in [7, 11) is 1.56. The van der Waals surface area contributed by atoms with E-state index in [0.29, 0.717) is 43.4 Å². The highest BCUT2D eigenvalue weighted by molar-refractivity contribution is 14.1. The maximum absolute atomic E-state index is 14.3. The number of aromatic nitrogens is 2. The van der Waals surface area contributed by atoms with Crippen molar-refractivity contribution in [3.8, 4) is 11.4 Å². The monoisotopic (exact) mass is 729 g/mol. The van der Waals surface area contributed by atoms with Gasteiger partial charge in [0, 0.05) is 31.2 Å². The smallest absolute Gasteiger partial charge is 0.338 e. The van der Waals surface area contributed by atoms with Crippen LogP contribution in [0.2, 0.25) is 5.02 Å². The lowest BCUT2D eigenvalue weighted by Gasteiger charge is -2.27. The second kappa shape index (κ2) is 12.8. The van der Waals surface area contributed by atoms with Gasteiger partial charge in [0.15, 0.2) is 4.80 Å². The number of esters is 1. The Morgan fingerprint density at radius 2 is 1.91 bits per heavy atom. The number of allylic oxidation sites excluding steroid dienone is 1. The van der Waals surface area contributed by atoms with Crippen LogP contribution in [-0.4, -0.2) is 28.8 Å². The number of fused-ring (bicyclic) bond motifs is 1. The topological polar surface area (TPSA) is 74.8 Å². The first-order valence-corrected chi connectivity index (χ1v) is 16.4. The second-order valence-corrected chi connectivity index (χ2v) is 13.0. The van der Waals surface area contributed by atoms with Crippen LogP contribution < -0.4 is 19.6 Å². The molecule has 0 spiro atoms. The number of thiazole rings is 1. The van der Waals surface area contributed by atoms with Crippen molar-refractivity contribution in [3.05, 3.63) is 110 Å². The number of hydrogen-bond donors (Lipinski definition) is 0. The fourth-order valence-electron chi connectivity index (χ4n) is 5.53. The summed E-state index contributed by atoms with van der Waals surface area (Å²) in [5, 5.41) is 0.466.